The Morgan fingerprint density at radius 2 is 1.79 bits per heavy atom. The predicted molar refractivity (Wildman–Crippen MR) is 107 cm³/mol. The zero-order chi connectivity index (χ0) is 20.3. The number of furan rings is 1. The molecule has 28 heavy (non-hydrogen) atoms. The molecule has 0 bridgehead atoms. The molecule has 0 unspecified atom stereocenters. The molecule has 2 amide bonds. The van der Waals surface area contributed by atoms with Crippen LogP contribution in [0.4, 0.5) is 0 Å². The van der Waals surface area contributed by atoms with Crippen LogP contribution in [-0.2, 0) is 6.42 Å². The summed E-state index contributed by atoms with van der Waals surface area (Å²) in [4.78, 5) is 23.8. The first-order valence-corrected chi connectivity index (χ1v) is 9.16. The minimum Gasteiger partial charge on any atom is -0.451 e. The van der Waals surface area contributed by atoms with Gasteiger partial charge in [0.1, 0.15) is 5.58 Å². The molecule has 1 heterocycles. The van der Waals surface area contributed by atoms with Gasteiger partial charge in [-0.05, 0) is 53.8 Å². The van der Waals surface area contributed by atoms with Crippen molar-refractivity contribution in [1.29, 1.82) is 0 Å². The summed E-state index contributed by atoms with van der Waals surface area (Å²) in [5.74, 6) is -0.590. The number of fused-ring (bicyclic) bond motifs is 1. The molecule has 0 spiro atoms. The number of amides is 2. The first-order valence-electron chi connectivity index (χ1n) is 8.78. The van der Waals surface area contributed by atoms with Crippen LogP contribution in [0.15, 0.2) is 52.9 Å². The van der Waals surface area contributed by atoms with Gasteiger partial charge in [-0.25, -0.2) is 5.48 Å². The second-order valence-electron chi connectivity index (χ2n) is 7.45. The standard InChI is InChI=1S/C21H21ClN2O4/c1-21(2,11-13-3-5-14(6-4-13)19(25)24-27)12-23-20(26)18-10-15-9-16(22)7-8-17(15)28-18/h3-10,27H,11-12H2,1-2H3,(H,23,26)(H,24,25). The Bertz CT molecular complexity index is 1010. The quantitative estimate of drug-likeness (QED) is 0.427. The largest absolute Gasteiger partial charge is 0.451 e. The maximum atomic E-state index is 12.4. The fourth-order valence-electron chi connectivity index (χ4n) is 2.99. The van der Waals surface area contributed by atoms with E-state index in [9.17, 15) is 9.59 Å². The molecule has 0 aliphatic carbocycles. The van der Waals surface area contributed by atoms with Crippen molar-refractivity contribution in [3.63, 3.8) is 0 Å². The number of hydroxylamine groups is 1. The predicted octanol–water partition coefficient (Wildman–Crippen LogP) is 4.20. The zero-order valence-corrected chi connectivity index (χ0v) is 16.3. The normalized spacial score (nSPS) is 11.4. The molecule has 0 saturated carbocycles. The lowest BCUT2D eigenvalue weighted by atomic mass is 9.85. The average Bonchev–Trinajstić information content (AvgIpc) is 3.09. The van der Waals surface area contributed by atoms with E-state index in [-0.39, 0.29) is 17.1 Å². The molecule has 2 aromatic carbocycles. The minimum absolute atomic E-state index is 0.217. The van der Waals surface area contributed by atoms with E-state index in [4.69, 9.17) is 21.2 Å². The Hall–Kier alpha value is -2.83. The van der Waals surface area contributed by atoms with Crippen LogP contribution in [0.1, 0.15) is 40.3 Å². The van der Waals surface area contributed by atoms with Crippen LogP contribution in [0.2, 0.25) is 5.02 Å². The maximum Gasteiger partial charge on any atom is 0.287 e. The second-order valence-corrected chi connectivity index (χ2v) is 7.89. The Morgan fingerprint density at radius 3 is 2.46 bits per heavy atom. The van der Waals surface area contributed by atoms with Gasteiger partial charge in [0, 0.05) is 22.5 Å². The van der Waals surface area contributed by atoms with Crippen LogP contribution in [0.5, 0.6) is 0 Å². The molecule has 0 atom stereocenters. The number of nitrogens with one attached hydrogen (secondary N) is 2. The van der Waals surface area contributed by atoms with Crippen molar-refractivity contribution in [2.75, 3.05) is 6.54 Å². The summed E-state index contributed by atoms with van der Waals surface area (Å²) in [5.41, 5.74) is 3.40. The highest BCUT2D eigenvalue weighted by Gasteiger charge is 2.21. The van der Waals surface area contributed by atoms with Gasteiger partial charge in [0.2, 0.25) is 0 Å². The summed E-state index contributed by atoms with van der Waals surface area (Å²) in [7, 11) is 0. The molecule has 3 N–H and O–H groups in total. The van der Waals surface area contributed by atoms with Crippen molar-refractivity contribution in [2.45, 2.75) is 20.3 Å². The molecule has 1 aromatic heterocycles. The van der Waals surface area contributed by atoms with E-state index in [2.05, 4.69) is 5.32 Å². The fraction of sp³-hybridized carbons (Fsp3) is 0.238. The molecular formula is C21H21ClN2O4. The van der Waals surface area contributed by atoms with Crippen LogP contribution in [0.25, 0.3) is 11.0 Å². The first kappa shape index (κ1) is 19.9. The van der Waals surface area contributed by atoms with Gasteiger partial charge in [-0.1, -0.05) is 37.6 Å². The van der Waals surface area contributed by atoms with Gasteiger partial charge in [0.15, 0.2) is 5.76 Å². The molecular weight excluding hydrogens is 380 g/mol. The average molecular weight is 401 g/mol. The molecule has 0 radical (unpaired) electrons. The Labute approximate surface area is 167 Å². The van der Waals surface area contributed by atoms with Crippen molar-refractivity contribution in [2.24, 2.45) is 5.41 Å². The minimum atomic E-state index is -0.551. The third kappa shape index (κ3) is 4.71. The number of carbonyl (C=O) groups is 2. The Balaban J connectivity index is 1.61. The Morgan fingerprint density at radius 1 is 1.07 bits per heavy atom. The van der Waals surface area contributed by atoms with Gasteiger partial charge in [-0.3, -0.25) is 14.8 Å². The van der Waals surface area contributed by atoms with Crippen molar-refractivity contribution in [3.8, 4) is 0 Å². The van der Waals surface area contributed by atoms with Crippen molar-refractivity contribution in [1.82, 2.24) is 10.8 Å². The van der Waals surface area contributed by atoms with Crippen molar-refractivity contribution < 1.29 is 19.2 Å². The van der Waals surface area contributed by atoms with E-state index in [1.807, 2.05) is 26.0 Å². The lowest BCUT2D eigenvalue weighted by Crippen LogP contribution is -2.35. The second kappa shape index (κ2) is 8.04. The number of hydrogen-bond acceptors (Lipinski definition) is 4. The summed E-state index contributed by atoms with van der Waals surface area (Å²) in [5, 5.41) is 12.9. The maximum absolute atomic E-state index is 12.4. The zero-order valence-electron chi connectivity index (χ0n) is 15.6. The summed E-state index contributed by atoms with van der Waals surface area (Å²) in [6, 6.07) is 13.8. The molecule has 6 nitrogen and oxygen atoms in total. The highest BCUT2D eigenvalue weighted by Crippen LogP contribution is 2.24. The lowest BCUT2D eigenvalue weighted by Gasteiger charge is -2.25. The van der Waals surface area contributed by atoms with E-state index in [1.165, 1.54) is 0 Å². The molecule has 0 aliphatic rings. The number of carbonyl (C=O) groups excluding carboxylic acids is 2. The number of rotatable bonds is 6. The highest BCUT2D eigenvalue weighted by atomic mass is 35.5. The van der Waals surface area contributed by atoms with Gasteiger partial charge in [0.05, 0.1) is 0 Å². The van der Waals surface area contributed by atoms with Gasteiger partial charge < -0.3 is 9.73 Å². The monoisotopic (exact) mass is 400 g/mol. The van der Waals surface area contributed by atoms with E-state index >= 15 is 0 Å². The van der Waals surface area contributed by atoms with E-state index < -0.39 is 5.91 Å². The van der Waals surface area contributed by atoms with Gasteiger partial charge in [0.25, 0.3) is 11.8 Å². The first-order chi connectivity index (χ1) is 13.3. The lowest BCUT2D eigenvalue weighted by molar-refractivity contribution is 0.0706. The smallest absolute Gasteiger partial charge is 0.287 e. The molecule has 3 rings (SSSR count). The molecule has 0 aliphatic heterocycles. The topological polar surface area (TPSA) is 91.6 Å². The van der Waals surface area contributed by atoms with Crippen molar-refractivity contribution >= 4 is 34.4 Å². The Kier molecular flexibility index (Phi) is 5.72. The fourth-order valence-corrected chi connectivity index (χ4v) is 3.17. The molecule has 3 aromatic rings. The summed E-state index contributed by atoms with van der Waals surface area (Å²) >= 11 is 5.96. The van der Waals surface area contributed by atoms with Gasteiger partial charge >= 0.3 is 0 Å². The van der Waals surface area contributed by atoms with Crippen LogP contribution >= 0.6 is 11.6 Å². The van der Waals surface area contributed by atoms with Crippen LogP contribution in [0.3, 0.4) is 0 Å². The van der Waals surface area contributed by atoms with Crippen LogP contribution < -0.4 is 10.8 Å². The summed E-state index contributed by atoms with van der Waals surface area (Å²) < 4.78 is 5.59. The summed E-state index contributed by atoms with van der Waals surface area (Å²) in [6.07, 6.45) is 0.698. The molecule has 146 valence electrons. The number of halogens is 1. The molecule has 7 heteroatoms. The third-order valence-corrected chi connectivity index (χ3v) is 4.67. The van der Waals surface area contributed by atoms with Gasteiger partial charge in [-0.2, -0.15) is 0 Å². The SMILES string of the molecule is CC(C)(CNC(=O)c1cc2cc(Cl)ccc2o1)Cc1ccc(C(=O)NO)cc1. The highest BCUT2D eigenvalue weighted by molar-refractivity contribution is 6.31. The molecule has 0 saturated heterocycles. The van der Waals surface area contributed by atoms with Crippen LogP contribution in [0, 0.1) is 5.41 Å². The van der Waals surface area contributed by atoms with Crippen LogP contribution in [-0.4, -0.2) is 23.6 Å². The van der Waals surface area contributed by atoms with Crippen molar-refractivity contribution in [3.05, 3.63) is 70.4 Å². The molecule has 0 fully saturated rings. The summed E-state index contributed by atoms with van der Waals surface area (Å²) in [6.45, 7) is 4.53. The van der Waals surface area contributed by atoms with E-state index in [0.717, 1.165) is 10.9 Å². The third-order valence-electron chi connectivity index (χ3n) is 4.43. The van der Waals surface area contributed by atoms with Gasteiger partial charge in [-0.15, -0.1) is 0 Å². The van der Waals surface area contributed by atoms with E-state index in [1.54, 1.807) is 41.9 Å². The number of hydrogen-bond donors (Lipinski definition) is 3. The number of benzene rings is 2. The van der Waals surface area contributed by atoms with E-state index in [0.29, 0.717) is 29.1 Å².